The second-order valence-corrected chi connectivity index (χ2v) is 4.34. The second kappa shape index (κ2) is 5.19. The molecule has 3 rings (SSSR count). The van der Waals surface area contributed by atoms with Crippen molar-refractivity contribution in [2.24, 2.45) is 5.92 Å². The zero-order valence-corrected chi connectivity index (χ0v) is 11.7. The first-order chi connectivity index (χ1) is 6.04. The van der Waals surface area contributed by atoms with Gasteiger partial charge in [-0.15, -0.1) is 0 Å². The summed E-state index contributed by atoms with van der Waals surface area (Å²) < 4.78 is 36.6. The summed E-state index contributed by atoms with van der Waals surface area (Å²) in [5, 5.41) is 0. The van der Waals surface area contributed by atoms with Crippen molar-refractivity contribution in [1.29, 1.82) is 0 Å². The van der Waals surface area contributed by atoms with Gasteiger partial charge in [0.05, 0.1) is 0 Å². The van der Waals surface area contributed by atoms with Crippen molar-refractivity contribution in [3.8, 4) is 0 Å². The topological polar surface area (TPSA) is 3.24 Å². The van der Waals surface area contributed by atoms with Crippen molar-refractivity contribution in [1.82, 2.24) is 4.90 Å². The monoisotopic (exact) mass is 231 g/mol. The van der Waals surface area contributed by atoms with Gasteiger partial charge in [-0.2, -0.15) is 0 Å². The summed E-state index contributed by atoms with van der Waals surface area (Å²) in [5.74, 6) is 0.545. The smallest absolute Gasteiger partial charge is 0.448 e. The van der Waals surface area contributed by atoms with E-state index >= 15 is 0 Å². The molecule has 2 aliphatic heterocycles. The van der Waals surface area contributed by atoms with Crippen LogP contribution >= 0.6 is 0 Å². The Balaban J connectivity index is 0.000000980. The molecule has 0 atom stereocenters. The van der Waals surface area contributed by atoms with Gasteiger partial charge in [-0.05, 0) is 44.6 Å². The van der Waals surface area contributed by atoms with Gasteiger partial charge in [-0.3, -0.25) is 0 Å². The largest absolute Gasteiger partial charge is 1.00 e. The molecule has 76 valence electrons. The van der Waals surface area contributed by atoms with E-state index in [1.54, 1.807) is 4.90 Å². The first-order valence-electron chi connectivity index (χ1n) is 4.99. The quantitative estimate of drug-likeness (QED) is 0.565. The Bertz CT molecular complexity index is 192. The van der Waals surface area contributed by atoms with Crippen molar-refractivity contribution >= 4 is 6.98 Å². The molecule has 1 saturated carbocycles. The Hall–Kier alpha value is 1.45. The number of fused-ring (bicyclic) bond motifs is 3. The van der Waals surface area contributed by atoms with Crippen LogP contribution in [0.5, 0.6) is 0 Å². The molecule has 2 saturated heterocycles. The normalized spacial score (nSPS) is 32.8. The van der Waals surface area contributed by atoms with Crippen LogP contribution in [0.25, 0.3) is 0 Å². The van der Waals surface area contributed by atoms with Crippen LogP contribution in [0.15, 0.2) is 0 Å². The predicted octanol–water partition coefficient (Wildman–Crippen LogP) is -0.749. The molecule has 0 spiro atoms. The standard InChI is InChI=1S/C8H14BF3N.K/c10-9(11,12)6-13-5-7-1-3-8(13)4-2-7;/h7-8H,1-6H2;/q-1;+1. The van der Waals surface area contributed by atoms with E-state index in [1.165, 1.54) is 0 Å². The van der Waals surface area contributed by atoms with Crippen molar-refractivity contribution in [3.05, 3.63) is 0 Å². The van der Waals surface area contributed by atoms with Gasteiger partial charge < -0.3 is 17.8 Å². The van der Waals surface area contributed by atoms with Gasteiger partial charge in [-0.25, -0.2) is 0 Å². The average molecular weight is 231 g/mol. The average Bonchev–Trinajstić information content (AvgIpc) is 2.03. The van der Waals surface area contributed by atoms with Crippen LogP contribution in [-0.4, -0.2) is 30.9 Å². The van der Waals surface area contributed by atoms with E-state index in [1.807, 2.05) is 0 Å². The third-order valence-electron chi connectivity index (χ3n) is 3.27. The molecule has 1 nitrogen and oxygen atoms in total. The van der Waals surface area contributed by atoms with E-state index in [-0.39, 0.29) is 57.4 Å². The Morgan fingerprint density at radius 2 is 1.64 bits per heavy atom. The Morgan fingerprint density at radius 3 is 2.00 bits per heavy atom. The number of rotatable bonds is 2. The van der Waals surface area contributed by atoms with Crippen LogP contribution in [0.3, 0.4) is 0 Å². The fourth-order valence-electron chi connectivity index (χ4n) is 2.66. The molecule has 0 aromatic carbocycles. The molecule has 1 aliphatic carbocycles. The molecular weight excluding hydrogens is 217 g/mol. The summed E-state index contributed by atoms with van der Waals surface area (Å²) in [7, 11) is 0. The first kappa shape index (κ1) is 13.5. The SMILES string of the molecule is F[B-](F)(F)CN1CC2CCC1CC2.[K+]. The van der Waals surface area contributed by atoms with E-state index < -0.39 is 13.4 Å². The maximum Gasteiger partial charge on any atom is 1.00 e. The summed E-state index contributed by atoms with van der Waals surface area (Å²) >= 11 is 0. The summed E-state index contributed by atoms with van der Waals surface area (Å²) in [4.78, 5) is 1.65. The third-order valence-corrected chi connectivity index (χ3v) is 3.27. The van der Waals surface area contributed by atoms with Crippen molar-refractivity contribution in [2.45, 2.75) is 31.7 Å². The number of hydrogen-bond acceptors (Lipinski definition) is 1. The fourth-order valence-corrected chi connectivity index (χ4v) is 2.66. The van der Waals surface area contributed by atoms with Crippen LogP contribution in [0, 0.1) is 5.92 Å². The zero-order chi connectivity index (χ0) is 9.47. The Kier molecular flexibility index (Phi) is 5.01. The molecule has 0 amide bonds. The van der Waals surface area contributed by atoms with E-state index in [4.69, 9.17) is 0 Å². The number of hydrogen-bond donors (Lipinski definition) is 0. The molecule has 6 heteroatoms. The van der Waals surface area contributed by atoms with Crippen molar-refractivity contribution in [3.63, 3.8) is 0 Å². The molecule has 3 aliphatic rings. The molecule has 2 bridgehead atoms. The van der Waals surface area contributed by atoms with Gasteiger partial charge in [0, 0.05) is 6.04 Å². The van der Waals surface area contributed by atoms with Gasteiger partial charge in [-0.1, -0.05) is 0 Å². The van der Waals surface area contributed by atoms with Crippen molar-refractivity contribution in [2.75, 3.05) is 13.0 Å². The molecule has 0 unspecified atom stereocenters. The van der Waals surface area contributed by atoms with Crippen molar-refractivity contribution < 1.29 is 64.3 Å². The van der Waals surface area contributed by atoms with Crippen LogP contribution in [0.4, 0.5) is 12.9 Å². The maximum atomic E-state index is 12.2. The molecule has 0 N–H and O–H groups in total. The van der Waals surface area contributed by atoms with Crippen LogP contribution in [-0.2, 0) is 0 Å². The zero-order valence-electron chi connectivity index (χ0n) is 8.56. The molecule has 0 aromatic heterocycles. The molecule has 0 radical (unpaired) electrons. The number of piperidine rings is 2. The van der Waals surface area contributed by atoms with Crippen LogP contribution in [0.2, 0.25) is 0 Å². The van der Waals surface area contributed by atoms with Gasteiger partial charge >= 0.3 is 58.4 Å². The van der Waals surface area contributed by atoms with E-state index in [2.05, 4.69) is 0 Å². The number of nitrogens with zero attached hydrogens (tertiary/aromatic N) is 1. The molecule has 14 heavy (non-hydrogen) atoms. The van der Waals surface area contributed by atoms with E-state index in [0.29, 0.717) is 12.5 Å². The predicted molar refractivity (Wildman–Crippen MR) is 46.4 cm³/mol. The first-order valence-corrected chi connectivity index (χ1v) is 4.99. The minimum atomic E-state index is -4.62. The summed E-state index contributed by atoms with van der Waals surface area (Å²) in [5.41, 5.74) is 0. The summed E-state index contributed by atoms with van der Waals surface area (Å²) in [6.45, 7) is -3.93. The molecular formula is C8H14BF3KN. The summed E-state index contributed by atoms with van der Waals surface area (Å²) in [6, 6.07) is 0.230. The Labute approximate surface area is 125 Å². The molecule has 2 heterocycles. The minimum Gasteiger partial charge on any atom is -0.448 e. The van der Waals surface area contributed by atoms with E-state index in [0.717, 1.165) is 25.7 Å². The van der Waals surface area contributed by atoms with Gasteiger partial charge in [0.15, 0.2) is 0 Å². The van der Waals surface area contributed by atoms with E-state index in [9.17, 15) is 12.9 Å². The third kappa shape index (κ3) is 3.49. The van der Waals surface area contributed by atoms with Gasteiger partial charge in [0.2, 0.25) is 0 Å². The summed E-state index contributed by atoms with van der Waals surface area (Å²) in [6.07, 6.45) is 3.62. The van der Waals surface area contributed by atoms with Gasteiger partial charge in [0.25, 0.3) is 0 Å². The molecule has 3 fully saturated rings. The Morgan fingerprint density at radius 1 is 1.07 bits per heavy atom. The fraction of sp³-hybridized carbons (Fsp3) is 1.00. The number of halogens is 3. The van der Waals surface area contributed by atoms with Gasteiger partial charge in [0.1, 0.15) is 0 Å². The van der Waals surface area contributed by atoms with Crippen LogP contribution in [0.1, 0.15) is 25.7 Å². The second-order valence-electron chi connectivity index (χ2n) is 4.34. The maximum absolute atomic E-state index is 12.2. The minimum absolute atomic E-state index is 0. The molecule has 0 aromatic rings. The van der Waals surface area contributed by atoms with Crippen LogP contribution < -0.4 is 51.4 Å².